The molecule has 2 nitrogen and oxygen atoms in total. The molecule has 0 spiro atoms. The van der Waals surface area contributed by atoms with Gasteiger partial charge in [-0.25, -0.2) is 4.98 Å². The van der Waals surface area contributed by atoms with E-state index in [1.54, 1.807) is 0 Å². The van der Waals surface area contributed by atoms with Gasteiger partial charge in [-0.05, 0) is 36.6 Å². The minimum atomic E-state index is 0.819. The molecule has 0 amide bonds. The molecule has 1 aromatic heterocycles. The van der Waals surface area contributed by atoms with Crippen molar-refractivity contribution in [2.75, 3.05) is 0 Å². The summed E-state index contributed by atoms with van der Waals surface area (Å²) in [6.45, 7) is 2.06. The lowest BCUT2D eigenvalue weighted by molar-refractivity contribution is 0.528. The molecule has 0 N–H and O–H groups in total. The van der Waals surface area contributed by atoms with E-state index in [2.05, 4.69) is 42.2 Å². The molecule has 0 saturated carbocycles. The maximum atomic E-state index is 5.76. The molecule has 0 aliphatic carbocycles. The first-order valence-electron chi connectivity index (χ1n) is 6.21. The predicted octanol–water partition coefficient (Wildman–Crippen LogP) is 3.92. The van der Waals surface area contributed by atoms with E-state index in [0.717, 1.165) is 29.8 Å². The van der Waals surface area contributed by atoms with Gasteiger partial charge in [0.05, 0.1) is 0 Å². The van der Waals surface area contributed by atoms with E-state index in [1.165, 1.54) is 11.1 Å². The molecule has 18 heavy (non-hydrogen) atoms. The van der Waals surface area contributed by atoms with Gasteiger partial charge in [0, 0.05) is 6.42 Å². The number of aryl methyl sites for hydroxylation is 3. The van der Waals surface area contributed by atoms with Gasteiger partial charge in [-0.3, -0.25) is 0 Å². The Labute approximate surface area is 106 Å². The van der Waals surface area contributed by atoms with Crippen LogP contribution in [0.2, 0.25) is 0 Å². The van der Waals surface area contributed by atoms with Crippen molar-refractivity contribution in [1.82, 2.24) is 4.98 Å². The number of rotatable bonds is 3. The molecule has 2 aromatic carbocycles. The number of benzene rings is 2. The second kappa shape index (κ2) is 4.65. The molecule has 0 unspecified atom stereocenters. The zero-order chi connectivity index (χ0) is 12.4. The maximum Gasteiger partial charge on any atom is 0.195 e. The van der Waals surface area contributed by atoms with E-state index in [1.807, 2.05) is 18.2 Å². The number of hydrogen-bond donors (Lipinski definition) is 0. The molecule has 2 heteroatoms. The molecule has 3 rings (SSSR count). The highest BCUT2D eigenvalue weighted by molar-refractivity contribution is 5.73. The highest BCUT2D eigenvalue weighted by Gasteiger charge is 2.05. The number of fused-ring (bicyclic) bond motifs is 1. The van der Waals surface area contributed by atoms with Gasteiger partial charge in [0.1, 0.15) is 5.52 Å². The van der Waals surface area contributed by atoms with Gasteiger partial charge < -0.3 is 4.42 Å². The van der Waals surface area contributed by atoms with Gasteiger partial charge >= 0.3 is 0 Å². The van der Waals surface area contributed by atoms with Gasteiger partial charge in [-0.2, -0.15) is 0 Å². The molecule has 0 fully saturated rings. The summed E-state index contributed by atoms with van der Waals surface area (Å²) in [5.74, 6) is 0.819. The fourth-order valence-corrected chi connectivity index (χ4v) is 2.08. The number of aromatic nitrogens is 1. The first-order chi connectivity index (χ1) is 8.81. The smallest absolute Gasteiger partial charge is 0.195 e. The fourth-order valence-electron chi connectivity index (χ4n) is 2.08. The Kier molecular flexibility index (Phi) is 2.85. The average Bonchev–Trinajstić information content (AvgIpc) is 2.79. The number of nitrogens with zero attached hydrogens (tertiary/aromatic N) is 1. The topological polar surface area (TPSA) is 26.0 Å². The van der Waals surface area contributed by atoms with Crippen molar-refractivity contribution >= 4 is 11.1 Å². The summed E-state index contributed by atoms with van der Waals surface area (Å²) in [6.07, 6.45) is 1.81. The van der Waals surface area contributed by atoms with Crippen molar-refractivity contribution in [1.29, 1.82) is 0 Å². The maximum absolute atomic E-state index is 5.76. The summed E-state index contributed by atoms with van der Waals surface area (Å²) < 4.78 is 5.76. The van der Waals surface area contributed by atoms with Crippen molar-refractivity contribution < 1.29 is 4.42 Å². The van der Waals surface area contributed by atoms with Crippen molar-refractivity contribution in [2.24, 2.45) is 0 Å². The van der Waals surface area contributed by atoms with E-state index in [4.69, 9.17) is 4.42 Å². The third-order valence-corrected chi connectivity index (χ3v) is 3.06. The number of oxazole rings is 1. The summed E-state index contributed by atoms with van der Waals surface area (Å²) in [4.78, 5) is 4.50. The summed E-state index contributed by atoms with van der Waals surface area (Å²) in [5, 5.41) is 0. The standard InChI is InChI=1S/C16H15NO/c1-12-7-9-14-15(11-12)18-16(17-14)10-8-13-5-3-2-4-6-13/h2-7,9,11H,8,10H2,1H3. The highest BCUT2D eigenvalue weighted by atomic mass is 16.3. The van der Waals surface area contributed by atoms with Crippen LogP contribution in [0.1, 0.15) is 17.0 Å². The second-order valence-corrected chi connectivity index (χ2v) is 4.56. The van der Waals surface area contributed by atoms with Crippen LogP contribution in [0.25, 0.3) is 11.1 Å². The zero-order valence-corrected chi connectivity index (χ0v) is 10.4. The molecule has 0 aliphatic heterocycles. The van der Waals surface area contributed by atoms with Gasteiger partial charge in [-0.15, -0.1) is 0 Å². The monoisotopic (exact) mass is 237 g/mol. The molecule has 0 atom stereocenters. The normalized spacial score (nSPS) is 10.9. The van der Waals surface area contributed by atoms with Crippen LogP contribution in [0.5, 0.6) is 0 Å². The lowest BCUT2D eigenvalue weighted by atomic mass is 10.1. The van der Waals surface area contributed by atoms with Gasteiger partial charge in [0.25, 0.3) is 0 Å². The molecular weight excluding hydrogens is 222 g/mol. The SMILES string of the molecule is Cc1ccc2nc(CCc3ccccc3)oc2c1. The Bertz CT molecular complexity index is 655. The van der Waals surface area contributed by atoms with E-state index in [9.17, 15) is 0 Å². The third-order valence-electron chi connectivity index (χ3n) is 3.06. The van der Waals surface area contributed by atoms with Crippen LogP contribution in [-0.4, -0.2) is 4.98 Å². The third kappa shape index (κ3) is 2.28. The lowest BCUT2D eigenvalue weighted by Gasteiger charge is -1.96. The van der Waals surface area contributed by atoms with E-state index in [-0.39, 0.29) is 0 Å². The molecule has 0 saturated heterocycles. The molecule has 90 valence electrons. The van der Waals surface area contributed by atoms with Crippen LogP contribution in [0.15, 0.2) is 52.9 Å². The van der Waals surface area contributed by atoms with Crippen LogP contribution in [-0.2, 0) is 12.8 Å². The Morgan fingerprint density at radius 1 is 1.00 bits per heavy atom. The minimum absolute atomic E-state index is 0.819. The minimum Gasteiger partial charge on any atom is -0.441 e. The summed E-state index contributed by atoms with van der Waals surface area (Å²) >= 11 is 0. The van der Waals surface area contributed by atoms with E-state index < -0.39 is 0 Å². The Morgan fingerprint density at radius 3 is 2.67 bits per heavy atom. The van der Waals surface area contributed by atoms with Crippen molar-refractivity contribution in [3.63, 3.8) is 0 Å². The molecule has 0 bridgehead atoms. The van der Waals surface area contributed by atoms with Crippen LogP contribution in [0, 0.1) is 6.92 Å². The Morgan fingerprint density at radius 2 is 1.83 bits per heavy atom. The van der Waals surface area contributed by atoms with Gasteiger partial charge in [0.15, 0.2) is 11.5 Å². The predicted molar refractivity (Wildman–Crippen MR) is 72.6 cm³/mol. The molecule has 0 aliphatic rings. The first kappa shape index (κ1) is 11.0. The first-order valence-corrected chi connectivity index (χ1v) is 6.21. The fraction of sp³-hybridized carbons (Fsp3) is 0.188. The Balaban J connectivity index is 1.79. The highest BCUT2D eigenvalue weighted by Crippen LogP contribution is 2.18. The van der Waals surface area contributed by atoms with Crippen LogP contribution in [0.4, 0.5) is 0 Å². The van der Waals surface area contributed by atoms with Crippen molar-refractivity contribution in [2.45, 2.75) is 19.8 Å². The van der Waals surface area contributed by atoms with E-state index >= 15 is 0 Å². The summed E-state index contributed by atoms with van der Waals surface area (Å²) in [7, 11) is 0. The second-order valence-electron chi connectivity index (χ2n) is 4.56. The largest absolute Gasteiger partial charge is 0.441 e. The van der Waals surface area contributed by atoms with Crippen molar-refractivity contribution in [3.8, 4) is 0 Å². The lowest BCUT2D eigenvalue weighted by Crippen LogP contribution is -1.90. The zero-order valence-electron chi connectivity index (χ0n) is 10.4. The van der Waals surface area contributed by atoms with Crippen LogP contribution >= 0.6 is 0 Å². The summed E-state index contributed by atoms with van der Waals surface area (Å²) in [5.41, 5.74) is 4.35. The quantitative estimate of drug-likeness (QED) is 0.690. The molecule has 0 radical (unpaired) electrons. The Hall–Kier alpha value is -2.09. The van der Waals surface area contributed by atoms with Crippen LogP contribution in [0.3, 0.4) is 0 Å². The van der Waals surface area contributed by atoms with E-state index in [0.29, 0.717) is 0 Å². The molecule has 1 heterocycles. The van der Waals surface area contributed by atoms with Crippen LogP contribution < -0.4 is 0 Å². The molecule has 3 aromatic rings. The van der Waals surface area contributed by atoms with Gasteiger partial charge in [0.2, 0.25) is 0 Å². The summed E-state index contributed by atoms with van der Waals surface area (Å²) in [6, 6.07) is 16.5. The average molecular weight is 237 g/mol. The number of hydrogen-bond acceptors (Lipinski definition) is 2. The molecular formula is C16H15NO. The van der Waals surface area contributed by atoms with Crippen molar-refractivity contribution in [3.05, 3.63) is 65.5 Å². The van der Waals surface area contributed by atoms with Gasteiger partial charge in [-0.1, -0.05) is 36.4 Å².